The zero-order chi connectivity index (χ0) is 11.7. The summed E-state index contributed by atoms with van der Waals surface area (Å²) in [6.07, 6.45) is 5.74. The summed E-state index contributed by atoms with van der Waals surface area (Å²) in [5.74, 6) is 0.887. The minimum Gasteiger partial charge on any atom is -0.397 e. The molecule has 0 amide bonds. The van der Waals surface area contributed by atoms with Crippen LogP contribution < -0.4 is 5.73 Å². The number of nitrogens with zero attached hydrogens (tertiary/aromatic N) is 4. The second kappa shape index (κ2) is 4.33. The quantitative estimate of drug-likeness (QED) is 0.846. The van der Waals surface area contributed by atoms with Crippen LogP contribution in [0.4, 0.5) is 5.69 Å². The van der Waals surface area contributed by atoms with Crippen molar-refractivity contribution in [1.29, 1.82) is 0 Å². The second-order valence-corrected chi connectivity index (χ2v) is 4.63. The smallest absolute Gasteiger partial charge is 0.165 e. The summed E-state index contributed by atoms with van der Waals surface area (Å²) >= 11 is 0. The molecule has 0 saturated carbocycles. The highest BCUT2D eigenvalue weighted by molar-refractivity contribution is 5.46. The van der Waals surface area contributed by atoms with E-state index in [9.17, 15) is 0 Å². The van der Waals surface area contributed by atoms with E-state index in [-0.39, 0.29) is 0 Å². The Morgan fingerprint density at radius 2 is 2.00 bits per heavy atom. The van der Waals surface area contributed by atoms with Crippen molar-refractivity contribution in [1.82, 2.24) is 19.5 Å². The zero-order valence-corrected chi connectivity index (χ0v) is 9.84. The van der Waals surface area contributed by atoms with Crippen molar-refractivity contribution in [2.24, 2.45) is 0 Å². The monoisotopic (exact) mass is 231 g/mol. The van der Waals surface area contributed by atoms with Crippen molar-refractivity contribution >= 4 is 11.3 Å². The van der Waals surface area contributed by atoms with E-state index in [2.05, 4.69) is 15.0 Å². The molecule has 5 heteroatoms. The van der Waals surface area contributed by atoms with Gasteiger partial charge in [-0.15, -0.1) is 5.10 Å². The summed E-state index contributed by atoms with van der Waals surface area (Å²) in [6, 6.07) is 3.76. The van der Waals surface area contributed by atoms with Crippen LogP contribution in [0.15, 0.2) is 18.3 Å². The van der Waals surface area contributed by atoms with E-state index in [1.54, 1.807) is 4.52 Å². The normalized spacial score (nSPS) is 17.6. The molecule has 1 fully saturated rings. The Balaban J connectivity index is 1.80. The molecule has 1 aliphatic heterocycles. The van der Waals surface area contributed by atoms with Crippen LogP contribution in [0, 0.1) is 0 Å². The topological polar surface area (TPSA) is 59.5 Å². The van der Waals surface area contributed by atoms with E-state index in [1.807, 2.05) is 18.3 Å². The fraction of sp³-hybridized carbons (Fsp3) is 0.500. The summed E-state index contributed by atoms with van der Waals surface area (Å²) < 4.78 is 1.76. The molecule has 17 heavy (non-hydrogen) atoms. The van der Waals surface area contributed by atoms with E-state index in [0.29, 0.717) is 5.69 Å². The molecule has 2 aromatic heterocycles. The fourth-order valence-electron chi connectivity index (χ4n) is 2.33. The molecule has 5 nitrogen and oxygen atoms in total. The highest BCUT2D eigenvalue weighted by atomic mass is 15.3. The number of aromatic nitrogens is 3. The average Bonchev–Trinajstić information content (AvgIpc) is 2.71. The van der Waals surface area contributed by atoms with Gasteiger partial charge in [0.1, 0.15) is 0 Å². The van der Waals surface area contributed by atoms with Crippen molar-refractivity contribution in [3.63, 3.8) is 0 Å². The molecule has 2 aromatic rings. The fourth-order valence-corrected chi connectivity index (χ4v) is 2.33. The third kappa shape index (κ3) is 2.24. The summed E-state index contributed by atoms with van der Waals surface area (Å²) in [5, 5.41) is 4.45. The van der Waals surface area contributed by atoms with E-state index in [4.69, 9.17) is 5.73 Å². The minimum absolute atomic E-state index is 0.715. The Hall–Kier alpha value is -1.62. The van der Waals surface area contributed by atoms with Gasteiger partial charge < -0.3 is 5.73 Å². The van der Waals surface area contributed by atoms with Gasteiger partial charge in [-0.3, -0.25) is 4.90 Å². The van der Waals surface area contributed by atoms with Crippen LogP contribution in [0.1, 0.15) is 25.1 Å². The van der Waals surface area contributed by atoms with E-state index < -0.39 is 0 Å². The van der Waals surface area contributed by atoms with Gasteiger partial charge >= 0.3 is 0 Å². The van der Waals surface area contributed by atoms with E-state index in [1.165, 1.54) is 19.3 Å². The van der Waals surface area contributed by atoms with Crippen molar-refractivity contribution in [3.8, 4) is 0 Å². The number of nitrogens with two attached hydrogens (primary N) is 1. The first-order valence-corrected chi connectivity index (χ1v) is 6.14. The second-order valence-electron chi connectivity index (χ2n) is 4.63. The van der Waals surface area contributed by atoms with Crippen LogP contribution in [0.25, 0.3) is 5.65 Å². The lowest BCUT2D eigenvalue weighted by atomic mass is 10.1. The minimum atomic E-state index is 0.715. The number of anilines is 1. The number of hydrogen-bond acceptors (Lipinski definition) is 4. The molecule has 3 heterocycles. The maximum atomic E-state index is 5.72. The summed E-state index contributed by atoms with van der Waals surface area (Å²) in [4.78, 5) is 6.92. The van der Waals surface area contributed by atoms with Crippen LogP contribution in [-0.2, 0) is 6.54 Å². The van der Waals surface area contributed by atoms with Crippen LogP contribution >= 0.6 is 0 Å². The Bertz CT molecular complexity index is 513. The molecule has 0 bridgehead atoms. The highest BCUT2D eigenvalue weighted by Crippen LogP contribution is 2.12. The van der Waals surface area contributed by atoms with Gasteiger partial charge in [-0.05, 0) is 38.1 Å². The third-order valence-electron chi connectivity index (χ3n) is 3.21. The SMILES string of the molecule is Nc1ccc2nc(CN3CCCCC3)nn2c1. The molecule has 1 aliphatic rings. The van der Waals surface area contributed by atoms with Crippen molar-refractivity contribution < 1.29 is 0 Å². The van der Waals surface area contributed by atoms with Gasteiger partial charge in [0.2, 0.25) is 0 Å². The largest absolute Gasteiger partial charge is 0.397 e. The Labute approximate surface area is 100 Å². The van der Waals surface area contributed by atoms with Gasteiger partial charge in [0, 0.05) is 0 Å². The van der Waals surface area contributed by atoms with Gasteiger partial charge in [0.25, 0.3) is 0 Å². The molecule has 0 unspecified atom stereocenters. The standard InChI is InChI=1S/C12H17N5/c13-10-4-5-12-14-11(15-17(12)8-10)9-16-6-2-1-3-7-16/h4-5,8H,1-3,6-7,9,13H2. The molecular weight excluding hydrogens is 214 g/mol. The summed E-state index contributed by atoms with van der Waals surface area (Å²) in [7, 11) is 0. The highest BCUT2D eigenvalue weighted by Gasteiger charge is 2.13. The molecule has 2 N–H and O–H groups in total. The molecule has 0 radical (unpaired) electrons. The molecule has 0 spiro atoms. The molecule has 0 aromatic carbocycles. The predicted molar refractivity (Wildman–Crippen MR) is 66.5 cm³/mol. The Morgan fingerprint density at radius 1 is 1.18 bits per heavy atom. The van der Waals surface area contributed by atoms with Gasteiger partial charge in [-0.2, -0.15) is 0 Å². The average molecular weight is 231 g/mol. The van der Waals surface area contributed by atoms with Crippen LogP contribution in [0.2, 0.25) is 0 Å². The van der Waals surface area contributed by atoms with Gasteiger partial charge in [-0.25, -0.2) is 9.50 Å². The first-order chi connectivity index (χ1) is 8.31. The van der Waals surface area contributed by atoms with Gasteiger partial charge in [0.15, 0.2) is 11.5 Å². The lowest BCUT2D eigenvalue weighted by molar-refractivity contribution is 0.216. The number of fused-ring (bicyclic) bond motifs is 1. The van der Waals surface area contributed by atoms with Crippen LogP contribution in [0.3, 0.4) is 0 Å². The number of pyridine rings is 1. The van der Waals surface area contributed by atoms with Crippen molar-refractivity contribution in [2.45, 2.75) is 25.8 Å². The van der Waals surface area contributed by atoms with E-state index >= 15 is 0 Å². The van der Waals surface area contributed by atoms with Crippen LogP contribution in [0.5, 0.6) is 0 Å². The predicted octanol–water partition coefficient (Wildman–Crippen LogP) is 1.30. The Morgan fingerprint density at radius 3 is 2.82 bits per heavy atom. The van der Waals surface area contributed by atoms with E-state index in [0.717, 1.165) is 31.1 Å². The van der Waals surface area contributed by atoms with Crippen molar-refractivity contribution in [2.75, 3.05) is 18.8 Å². The first-order valence-electron chi connectivity index (χ1n) is 6.14. The number of piperidine rings is 1. The Kier molecular flexibility index (Phi) is 2.68. The lowest BCUT2D eigenvalue weighted by Gasteiger charge is -2.24. The van der Waals surface area contributed by atoms with Gasteiger partial charge in [-0.1, -0.05) is 6.42 Å². The van der Waals surface area contributed by atoms with Gasteiger partial charge in [0.05, 0.1) is 18.4 Å². The molecule has 0 aliphatic carbocycles. The summed E-state index contributed by atoms with van der Waals surface area (Å²) in [5.41, 5.74) is 7.30. The molecule has 0 atom stereocenters. The zero-order valence-electron chi connectivity index (χ0n) is 9.84. The molecule has 1 saturated heterocycles. The maximum absolute atomic E-state index is 5.72. The maximum Gasteiger partial charge on any atom is 0.165 e. The third-order valence-corrected chi connectivity index (χ3v) is 3.21. The first kappa shape index (κ1) is 10.5. The van der Waals surface area contributed by atoms with Crippen LogP contribution in [-0.4, -0.2) is 32.6 Å². The number of likely N-dealkylation sites (tertiary alicyclic amines) is 1. The lowest BCUT2D eigenvalue weighted by Crippen LogP contribution is -2.29. The summed E-state index contributed by atoms with van der Waals surface area (Å²) in [6.45, 7) is 3.18. The molecule has 90 valence electrons. The molecule has 3 rings (SSSR count). The number of hydrogen-bond donors (Lipinski definition) is 1. The number of rotatable bonds is 2. The molecular formula is C12H17N5. The van der Waals surface area contributed by atoms with Crippen molar-refractivity contribution in [3.05, 3.63) is 24.2 Å². The number of nitrogen functional groups attached to an aromatic ring is 1.